The lowest BCUT2D eigenvalue weighted by atomic mass is 9.91. The molecule has 2 heterocycles. The number of fused-ring (bicyclic) bond motifs is 8. The summed E-state index contributed by atoms with van der Waals surface area (Å²) in [6, 6.07) is 52.1. The number of para-hydroxylation sites is 1. The average molecular weight is 576 g/mol. The Morgan fingerprint density at radius 2 is 0.844 bits per heavy atom. The van der Waals surface area contributed by atoms with Crippen molar-refractivity contribution < 1.29 is 4.42 Å². The summed E-state index contributed by atoms with van der Waals surface area (Å²) in [4.78, 5) is 14.8. The third-order valence-electron chi connectivity index (χ3n) is 8.50. The Kier molecular flexibility index (Phi) is 5.78. The van der Waals surface area contributed by atoms with Crippen LogP contribution in [0.5, 0.6) is 0 Å². The van der Waals surface area contributed by atoms with Gasteiger partial charge in [-0.3, -0.25) is 0 Å². The van der Waals surface area contributed by atoms with Crippen LogP contribution in [0, 0.1) is 0 Å². The van der Waals surface area contributed by atoms with E-state index in [1.165, 1.54) is 16.2 Å². The van der Waals surface area contributed by atoms with Gasteiger partial charge in [-0.1, -0.05) is 140 Å². The maximum atomic E-state index is 6.54. The summed E-state index contributed by atoms with van der Waals surface area (Å²) in [6.45, 7) is 0. The molecule has 45 heavy (non-hydrogen) atoms. The van der Waals surface area contributed by atoms with Gasteiger partial charge < -0.3 is 4.42 Å². The molecule has 0 aliphatic heterocycles. The number of furan rings is 1. The van der Waals surface area contributed by atoms with Gasteiger partial charge >= 0.3 is 0 Å². The second kappa shape index (κ2) is 10.2. The smallest absolute Gasteiger partial charge is 0.164 e. The van der Waals surface area contributed by atoms with Crippen LogP contribution in [0.1, 0.15) is 0 Å². The minimum absolute atomic E-state index is 0.634. The molecule has 0 radical (unpaired) electrons. The van der Waals surface area contributed by atoms with Gasteiger partial charge in [0.25, 0.3) is 0 Å². The zero-order chi connectivity index (χ0) is 29.7. The van der Waals surface area contributed by atoms with Crippen molar-refractivity contribution in [3.05, 3.63) is 152 Å². The maximum Gasteiger partial charge on any atom is 0.164 e. The molecule has 4 heteroatoms. The Morgan fingerprint density at radius 3 is 1.53 bits per heavy atom. The summed E-state index contributed by atoms with van der Waals surface area (Å²) < 4.78 is 6.54. The molecule has 0 spiro atoms. The normalized spacial score (nSPS) is 11.6. The number of hydrogen-bond acceptors (Lipinski definition) is 4. The van der Waals surface area contributed by atoms with E-state index in [9.17, 15) is 0 Å². The first-order valence-corrected chi connectivity index (χ1v) is 15.0. The SMILES string of the molecule is c1ccc(-c2nc(-c3ccccc3)nc(-c3cccc(-c4cccc5c6oc7ccccc7c6c6ccccc6c45)c3)n2)cc1. The molecule has 9 aromatic rings. The Morgan fingerprint density at radius 1 is 0.356 bits per heavy atom. The minimum atomic E-state index is 0.634. The second-order valence-electron chi connectivity index (χ2n) is 11.2. The number of benzene rings is 7. The second-order valence-corrected chi connectivity index (χ2v) is 11.2. The summed E-state index contributed by atoms with van der Waals surface area (Å²) in [6.07, 6.45) is 0. The molecule has 0 N–H and O–H groups in total. The van der Waals surface area contributed by atoms with Crippen LogP contribution in [-0.4, -0.2) is 15.0 Å². The van der Waals surface area contributed by atoms with Crippen molar-refractivity contribution in [1.29, 1.82) is 0 Å². The predicted molar refractivity (Wildman–Crippen MR) is 184 cm³/mol. The lowest BCUT2D eigenvalue weighted by Crippen LogP contribution is -2.00. The van der Waals surface area contributed by atoms with Crippen molar-refractivity contribution in [3.63, 3.8) is 0 Å². The van der Waals surface area contributed by atoms with E-state index in [4.69, 9.17) is 19.4 Å². The lowest BCUT2D eigenvalue weighted by Gasteiger charge is -2.13. The van der Waals surface area contributed by atoms with Crippen molar-refractivity contribution >= 4 is 43.5 Å². The zero-order valence-corrected chi connectivity index (χ0v) is 24.2. The molecule has 9 rings (SSSR count). The topological polar surface area (TPSA) is 51.8 Å². The van der Waals surface area contributed by atoms with E-state index in [1.54, 1.807) is 0 Å². The van der Waals surface area contributed by atoms with Gasteiger partial charge in [-0.05, 0) is 34.0 Å². The van der Waals surface area contributed by atoms with Crippen LogP contribution in [-0.2, 0) is 0 Å². The van der Waals surface area contributed by atoms with Crippen molar-refractivity contribution in [3.8, 4) is 45.3 Å². The molecular formula is C41H25N3O. The molecule has 0 saturated carbocycles. The van der Waals surface area contributed by atoms with Crippen LogP contribution in [0.15, 0.2) is 156 Å². The van der Waals surface area contributed by atoms with Crippen molar-refractivity contribution in [1.82, 2.24) is 15.0 Å². The molecule has 4 nitrogen and oxygen atoms in total. The quantitative estimate of drug-likeness (QED) is 0.196. The number of hydrogen-bond donors (Lipinski definition) is 0. The first kappa shape index (κ1) is 25.4. The Labute approximate surface area is 259 Å². The highest BCUT2D eigenvalue weighted by Crippen LogP contribution is 2.44. The van der Waals surface area contributed by atoms with Crippen LogP contribution < -0.4 is 0 Å². The van der Waals surface area contributed by atoms with Gasteiger partial charge in [0.15, 0.2) is 17.5 Å². The van der Waals surface area contributed by atoms with E-state index < -0.39 is 0 Å². The first-order chi connectivity index (χ1) is 22.3. The fourth-order valence-electron chi connectivity index (χ4n) is 6.46. The molecule has 0 amide bonds. The van der Waals surface area contributed by atoms with Crippen LogP contribution in [0.2, 0.25) is 0 Å². The summed E-state index contributed by atoms with van der Waals surface area (Å²) in [5, 5.41) is 6.95. The first-order valence-electron chi connectivity index (χ1n) is 15.0. The Hall–Kier alpha value is -6.13. The van der Waals surface area contributed by atoms with Gasteiger partial charge in [-0.25, -0.2) is 15.0 Å². The van der Waals surface area contributed by atoms with Crippen LogP contribution in [0.3, 0.4) is 0 Å². The van der Waals surface area contributed by atoms with E-state index in [0.717, 1.165) is 55.1 Å². The number of nitrogens with zero attached hydrogens (tertiary/aromatic N) is 3. The fourth-order valence-corrected chi connectivity index (χ4v) is 6.46. The maximum absolute atomic E-state index is 6.54. The lowest BCUT2D eigenvalue weighted by molar-refractivity contribution is 0.673. The van der Waals surface area contributed by atoms with Gasteiger partial charge in [-0.2, -0.15) is 0 Å². The van der Waals surface area contributed by atoms with Crippen molar-refractivity contribution in [2.45, 2.75) is 0 Å². The summed E-state index contributed by atoms with van der Waals surface area (Å²) in [5.41, 5.74) is 6.86. The molecule has 2 aromatic heterocycles. The van der Waals surface area contributed by atoms with E-state index in [1.807, 2.05) is 72.8 Å². The zero-order valence-electron chi connectivity index (χ0n) is 24.2. The highest BCUT2D eigenvalue weighted by atomic mass is 16.3. The molecule has 210 valence electrons. The third kappa shape index (κ3) is 4.19. The van der Waals surface area contributed by atoms with Gasteiger partial charge in [0.1, 0.15) is 11.2 Å². The summed E-state index contributed by atoms with van der Waals surface area (Å²) in [7, 11) is 0. The van der Waals surface area contributed by atoms with Gasteiger partial charge in [0.05, 0.1) is 0 Å². The molecule has 0 unspecified atom stereocenters. The van der Waals surface area contributed by atoms with Crippen LogP contribution in [0.25, 0.3) is 88.8 Å². The van der Waals surface area contributed by atoms with E-state index in [0.29, 0.717) is 17.5 Å². The third-order valence-corrected chi connectivity index (χ3v) is 8.50. The predicted octanol–water partition coefficient (Wildman–Crippen LogP) is 10.7. The molecule has 0 bridgehead atoms. The summed E-state index contributed by atoms with van der Waals surface area (Å²) >= 11 is 0. The summed E-state index contributed by atoms with van der Waals surface area (Å²) in [5.74, 6) is 1.93. The minimum Gasteiger partial charge on any atom is -0.455 e. The van der Waals surface area contributed by atoms with Crippen LogP contribution >= 0.6 is 0 Å². The molecular weight excluding hydrogens is 550 g/mol. The monoisotopic (exact) mass is 575 g/mol. The fraction of sp³-hybridized carbons (Fsp3) is 0. The average Bonchev–Trinajstić information content (AvgIpc) is 3.52. The van der Waals surface area contributed by atoms with Crippen molar-refractivity contribution in [2.75, 3.05) is 0 Å². The standard InChI is InChI=1S/C41H25N3O/c1-3-13-26(14-4-1)39-42-40(27-15-5-2-6-16-27)44-41(43-39)29-18-11-17-28(25-29)30-22-12-23-34-36(30)31-19-7-8-20-32(31)37-33-21-9-10-24-35(33)45-38(34)37/h1-25H. The highest BCUT2D eigenvalue weighted by molar-refractivity contribution is 6.32. The van der Waals surface area contributed by atoms with E-state index in [-0.39, 0.29) is 0 Å². The molecule has 0 atom stereocenters. The Bertz CT molecular complexity index is 2480. The van der Waals surface area contributed by atoms with E-state index in [2.05, 4.69) is 78.9 Å². The van der Waals surface area contributed by atoms with Gasteiger partial charge in [0.2, 0.25) is 0 Å². The molecule has 0 fully saturated rings. The molecule has 0 aliphatic carbocycles. The van der Waals surface area contributed by atoms with Crippen molar-refractivity contribution in [2.24, 2.45) is 0 Å². The molecule has 7 aromatic carbocycles. The largest absolute Gasteiger partial charge is 0.455 e. The Balaban J connectivity index is 1.28. The number of rotatable bonds is 4. The molecule has 0 aliphatic rings. The van der Waals surface area contributed by atoms with Gasteiger partial charge in [-0.15, -0.1) is 0 Å². The highest BCUT2D eigenvalue weighted by Gasteiger charge is 2.19. The number of aromatic nitrogens is 3. The molecule has 0 saturated heterocycles. The van der Waals surface area contributed by atoms with Gasteiger partial charge in [0, 0.05) is 38.2 Å². The van der Waals surface area contributed by atoms with Crippen LogP contribution in [0.4, 0.5) is 0 Å². The van der Waals surface area contributed by atoms with E-state index >= 15 is 0 Å².